The van der Waals surface area contributed by atoms with Gasteiger partial charge >= 0.3 is 0 Å². The van der Waals surface area contributed by atoms with Gasteiger partial charge in [0.15, 0.2) is 0 Å². The van der Waals surface area contributed by atoms with Crippen LogP contribution < -0.4 is 0 Å². The smallest absolute Gasteiger partial charge is 0.134 e. The summed E-state index contributed by atoms with van der Waals surface area (Å²) < 4.78 is 4.84. The third-order valence-corrected chi connectivity index (χ3v) is 7.24. The number of rotatable bonds is 4. The van der Waals surface area contributed by atoms with Gasteiger partial charge in [0, 0.05) is 0 Å². The molecule has 2 atom stereocenters. The summed E-state index contributed by atoms with van der Waals surface area (Å²) in [5.41, 5.74) is 8.57. The van der Waals surface area contributed by atoms with Gasteiger partial charge in [0.05, 0.1) is 0 Å². The number of aryl methyl sites for hydroxylation is 1. The Balaban J connectivity index is 0.000000166. The summed E-state index contributed by atoms with van der Waals surface area (Å²) in [7, 11) is 0. The first-order chi connectivity index (χ1) is 13.7. The van der Waals surface area contributed by atoms with Crippen LogP contribution in [-0.4, -0.2) is 10.3 Å². The van der Waals surface area contributed by atoms with E-state index >= 15 is 0 Å². The monoisotopic (exact) mass is 398 g/mol. The lowest BCUT2D eigenvalue weighted by molar-refractivity contribution is 0.302. The molecule has 3 aliphatic rings. The molecule has 0 saturated heterocycles. The van der Waals surface area contributed by atoms with Crippen molar-refractivity contribution >= 4 is 5.57 Å². The van der Waals surface area contributed by atoms with Gasteiger partial charge in [0.2, 0.25) is 0 Å². The Bertz CT molecular complexity index is 763. The molecule has 3 nitrogen and oxygen atoms in total. The van der Waals surface area contributed by atoms with Crippen LogP contribution in [0.5, 0.6) is 0 Å². The van der Waals surface area contributed by atoms with E-state index in [0.717, 1.165) is 47.9 Å². The molecular formula is C26H42N2O. The molecule has 3 aliphatic carbocycles. The number of hydrogen-bond acceptors (Lipinski definition) is 3. The van der Waals surface area contributed by atoms with E-state index in [0.29, 0.717) is 11.8 Å². The van der Waals surface area contributed by atoms with Crippen molar-refractivity contribution in [2.45, 2.75) is 93.9 Å². The van der Waals surface area contributed by atoms with Crippen LogP contribution in [0.2, 0.25) is 0 Å². The van der Waals surface area contributed by atoms with Crippen LogP contribution in [-0.2, 0) is 6.42 Å². The maximum atomic E-state index is 4.84. The third-order valence-electron chi connectivity index (χ3n) is 7.24. The number of aromatic nitrogens is 2. The molecule has 0 aliphatic heterocycles. The van der Waals surface area contributed by atoms with Crippen molar-refractivity contribution in [3.8, 4) is 0 Å². The van der Waals surface area contributed by atoms with Gasteiger partial charge in [-0.15, -0.1) is 0 Å². The molecule has 4 rings (SSSR count). The quantitative estimate of drug-likeness (QED) is 0.493. The predicted octanol–water partition coefficient (Wildman–Crippen LogP) is 7.50. The van der Waals surface area contributed by atoms with E-state index < -0.39 is 0 Å². The molecule has 0 aromatic carbocycles. The van der Waals surface area contributed by atoms with Crippen LogP contribution in [0, 0.1) is 35.5 Å². The highest BCUT2D eigenvalue weighted by molar-refractivity contribution is 5.70. The van der Waals surface area contributed by atoms with Crippen molar-refractivity contribution in [2.24, 2.45) is 35.5 Å². The fourth-order valence-electron chi connectivity index (χ4n) is 6.00. The fourth-order valence-corrected chi connectivity index (χ4v) is 6.00. The predicted molar refractivity (Wildman–Crippen MR) is 121 cm³/mol. The van der Waals surface area contributed by atoms with E-state index in [2.05, 4.69) is 65.7 Å². The van der Waals surface area contributed by atoms with Crippen LogP contribution in [0.4, 0.5) is 0 Å². The van der Waals surface area contributed by atoms with Crippen molar-refractivity contribution in [3.05, 3.63) is 28.1 Å². The first-order valence-corrected chi connectivity index (χ1v) is 12.0. The normalized spacial score (nSPS) is 24.0. The summed E-state index contributed by atoms with van der Waals surface area (Å²) in [5, 5.41) is 8.01. The molecule has 0 N–H and O–H groups in total. The van der Waals surface area contributed by atoms with E-state index in [-0.39, 0.29) is 0 Å². The molecule has 1 fully saturated rings. The summed E-state index contributed by atoms with van der Waals surface area (Å²) in [6.45, 7) is 18.4. The number of nitrogens with zero attached hydrogens (tertiary/aromatic N) is 2. The molecule has 1 aromatic rings. The molecule has 29 heavy (non-hydrogen) atoms. The second-order valence-corrected chi connectivity index (χ2v) is 10.7. The fraction of sp³-hybridized carbons (Fsp3) is 0.769. The Morgan fingerprint density at radius 2 is 1.45 bits per heavy atom. The highest BCUT2D eigenvalue weighted by atomic mass is 16.6. The molecule has 1 saturated carbocycles. The van der Waals surface area contributed by atoms with Crippen LogP contribution >= 0.6 is 0 Å². The second-order valence-electron chi connectivity index (χ2n) is 10.7. The molecule has 0 amide bonds. The Kier molecular flexibility index (Phi) is 7.06. The Labute approximate surface area is 178 Å². The van der Waals surface area contributed by atoms with Crippen molar-refractivity contribution in [2.75, 3.05) is 0 Å². The lowest BCUT2D eigenvalue weighted by Gasteiger charge is -2.31. The molecule has 0 spiro atoms. The molecule has 162 valence electrons. The first-order valence-electron chi connectivity index (χ1n) is 12.0. The zero-order valence-corrected chi connectivity index (χ0v) is 20.0. The second kappa shape index (κ2) is 9.18. The van der Waals surface area contributed by atoms with Crippen LogP contribution in [0.25, 0.3) is 5.57 Å². The maximum Gasteiger partial charge on any atom is 0.134 e. The lowest BCUT2D eigenvalue weighted by Crippen LogP contribution is -2.18. The van der Waals surface area contributed by atoms with E-state index in [4.69, 9.17) is 4.63 Å². The zero-order valence-electron chi connectivity index (χ0n) is 20.0. The minimum absolute atomic E-state index is 0.494. The Morgan fingerprint density at radius 3 is 2.03 bits per heavy atom. The van der Waals surface area contributed by atoms with Gasteiger partial charge in [-0.05, 0) is 84.8 Å². The van der Waals surface area contributed by atoms with Crippen molar-refractivity contribution in [1.82, 2.24) is 10.3 Å². The zero-order chi connectivity index (χ0) is 21.3. The molecule has 2 bridgehead atoms. The summed E-state index contributed by atoms with van der Waals surface area (Å²) in [4.78, 5) is 0. The highest BCUT2D eigenvalue weighted by Crippen LogP contribution is 2.49. The average Bonchev–Trinajstić information content (AvgIpc) is 3.27. The maximum absolute atomic E-state index is 4.84. The molecule has 1 heterocycles. The largest absolute Gasteiger partial charge is 0.244 e. The van der Waals surface area contributed by atoms with Crippen LogP contribution in [0.3, 0.4) is 0 Å². The summed E-state index contributed by atoms with van der Waals surface area (Å²) >= 11 is 0. The minimum atomic E-state index is 0.494. The van der Waals surface area contributed by atoms with Gasteiger partial charge in [0.1, 0.15) is 11.4 Å². The van der Waals surface area contributed by atoms with Gasteiger partial charge in [-0.25, -0.2) is 4.63 Å². The van der Waals surface area contributed by atoms with E-state index in [1.54, 1.807) is 0 Å². The van der Waals surface area contributed by atoms with E-state index in [1.165, 1.54) is 36.8 Å². The van der Waals surface area contributed by atoms with E-state index in [1.807, 2.05) is 11.1 Å². The van der Waals surface area contributed by atoms with Gasteiger partial charge in [-0.1, -0.05) is 77.3 Å². The van der Waals surface area contributed by atoms with Crippen molar-refractivity contribution in [1.29, 1.82) is 0 Å². The number of hydrogen-bond donors (Lipinski definition) is 0. The number of fused-ring (bicyclic) bond motifs is 3. The standard InChI is InChI=1S/C14H24.C12H18N2O/c1-9(2)13-8-11-5-6-12(7-11)14(13)10(3)4;1-7(2)9-5-6-10-12(14-15-13-10)11(9)8(3)4/h9-12H,5-8H2,1-4H3;7-8H,5-6H2,1-4H3. The van der Waals surface area contributed by atoms with Gasteiger partial charge in [0.25, 0.3) is 0 Å². The first kappa shape index (κ1) is 22.3. The molecule has 0 radical (unpaired) electrons. The van der Waals surface area contributed by atoms with Crippen LogP contribution in [0.15, 0.2) is 21.3 Å². The van der Waals surface area contributed by atoms with Crippen molar-refractivity contribution in [3.63, 3.8) is 0 Å². The van der Waals surface area contributed by atoms with Gasteiger partial charge in [-0.2, -0.15) is 0 Å². The topological polar surface area (TPSA) is 38.9 Å². The van der Waals surface area contributed by atoms with E-state index in [9.17, 15) is 0 Å². The SMILES string of the molecule is CC(C)C1=C(C(C)C)C2CCC(C1)C2.CC(C)C1=C(C(C)C)c2nonc2CC1. The number of allylic oxidation sites excluding steroid dienone is 4. The Hall–Kier alpha value is -1.38. The minimum Gasteiger partial charge on any atom is -0.244 e. The molecular weight excluding hydrogens is 356 g/mol. The molecule has 2 unspecified atom stereocenters. The lowest BCUT2D eigenvalue weighted by atomic mass is 9.75. The molecule has 3 heteroatoms. The van der Waals surface area contributed by atoms with Crippen molar-refractivity contribution < 1.29 is 4.63 Å². The Morgan fingerprint density at radius 1 is 0.759 bits per heavy atom. The summed E-state index contributed by atoms with van der Waals surface area (Å²) in [6, 6.07) is 0. The van der Waals surface area contributed by atoms with Gasteiger partial charge in [-0.3, -0.25) is 0 Å². The van der Waals surface area contributed by atoms with Gasteiger partial charge < -0.3 is 0 Å². The third kappa shape index (κ3) is 4.70. The summed E-state index contributed by atoms with van der Waals surface area (Å²) in [6.07, 6.45) is 7.98. The summed E-state index contributed by atoms with van der Waals surface area (Å²) in [5.74, 6) is 4.67. The average molecular weight is 399 g/mol. The highest BCUT2D eigenvalue weighted by Gasteiger charge is 2.35. The van der Waals surface area contributed by atoms with Crippen LogP contribution in [0.1, 0.15) is 98.9 Å². The molecule has 1 aromatic heterocycles.